The molecule has 0 fully saturated rings. The van der Waals surface area contributed by atoms with Crippen molar-refractivity contribution in [3.8, 4) is 0 Å². The Morgan fingerprint density at radius 1 is 1.29 bits per heavy atom. The van der Waals surface area contributed by atoms with E-state index in [0.717, 1.165) is 6.42 Å². The van der Waals surface area contributed by atoms with Crippen LogP contribution < -0.4 is 5.32 Å². The number of hydrogen-bond donors (Lipinski definition) is 2. The summed E-state index contributed by atoms with van der Waals surface area (Å²) < 4.78 is 0. The van der Waals surface area contributed by atoms with Gasteiger partial charge in [0, 0.05) is 12.1 Å². The number of hydrogen-bond acceptors (Lipinski definition) is 2. The van der Waals surface area contributed by atoms with Gasteiger partial charge in [0.15, 0.2) is 0 Å². The van der Waals surface area contributed by atoms with Crippen LogP contribution in [0.1, 0.15) is 41.0 Å². The molecule has 0 unspecified atom stereocenters. The summed E-state index contributed by atoms with van der Waals surface area (Å²) in [6.07, 6.45) is 0.907. The molecule has 1 amide bonds. The minimum absolute atomic E-state index is 0.126. The lowest BCUT2D eigenvalue weighted by molar-refractivity contribution is 0.0697. The van der Waals surface area contributed by atoms with E-state index in [-0.39, 0.29) is 11.5 Å². The maximum absolute atomic E-state index is 11.7. The van der Waals surface area contributed by atoms with E-state index in [1.54, 1.807) is 12.1 Å². The number of carbonyl (C=O) groups is 2. The summed E-state index contributed by atoms with van der Waals surface area (Å²) >= 11 is 0. The lowest BCUT2D eigenvalue weighted by Crippen LogP contribution is -2.25. The zero-order valence-electron chi connectivity index (χ0n) is 10.1. The highest BCUT2D eigenvalue weighted by Crippen LogP contribution is 2.05. The lowest BCUT2D eigenvalue weighted by Gasteiger charge is -2.07. The molecule has 17 heavy (non-hydrogen) atoms. The first-order valence-corrected chi connectivity index (χ1v) is 5.62. The number of rotatable bonds is 5. The summed E-state index contributed by atoms with van der Waals surface area (Å²) in [5.41, 5.74) is 0.509. The second-order valence-electron chi connectivity index (χ2n) is 4.32. The van der Waals surface area contributed by atoms with Crippen molar-refractivity contribution < 1.29 is 14.7 Å². The molecule has 1 aromatic rings. The molecule has 4 heteroatoms. The molecular weight excluding hydrogens is 218 g/mol. The van der Waals surface area contributed by atoms with Crippen LogP contribution in [0.4, 0.5) is 0 Å². The normalized spacial score (nSPS) is 10.3. The smallest absolute Gasteiger partial charge is 0.335 e. The van der Waals surface area contributed by atoms with E-state index in [2.05, 4.69) is 19.2 Å². The van der Waals surface area contributed by atoms with Crippen LogP contribution in [0.3, 0.4) is 0 Å². The summed E-state index contributed by atoms with van der Waals surface area (Å²) in [4.78, 5) is 22.4. The molecular formula is C13H17NO3. The van der Waals surface area contributed by atoms with Gasteiger partial charge in [0.05, 0.1) is 5.56 Å². The molecule has 0 saturated heterocycles. The standard InChI is InChI=1S/C13H17NO3/c1-9(2)6-7-14-12(15)10-4-3-5-11(8-10)13(16)17/h3-5,8-9H,6-7H2,1-2H3,(H,14,15)(H,16,17). The molecule has 92 valence electrons. The number of amides is 1. The molecule has 0 atom stereocenters. The summed E-state index contributed by atoms with van der Waals surface area (Å²) in [7, 11) is 0. The van der Waals surface area contributed by atoms with Crippen LogP contribution in [0.2, 0.25) is 0 Å². The molecule has 1 rings (SSSR count). The van der Waals surface area contributed by atoms with Crippen molar-refractivity contribution in [2.45, 2.75) is 20.3 Å². The van der Waals surface area contributed by atoms with Crippen molar-refractivity contribution in [2.75, 3.05) is 6.54 Å². The van der Waals surface area contributed by atoms with E-state index < -0.39 is 5.97 Å². The molecule has 0 aliphatic heterocycles. The predicted octanol–water partition coefficient (Wildman–Crippen LogP) is 2.16. The number of aromatic carboxylic acids is 1. The monoisotopic (exact) mass is 235 g/mol. The highest BCUT2D eigenvalue weighted by atomic mass is 16.4. The summed E-state index contributed by atoms with van der Waals surface area (Å²) in [6.45, 7) is 4.77. The number of nitrogens with one attached hydrogen (secondary N) is 1. The molecule has 0 saturated carbocycles. The van der Waals surface area contributed by atoms with Crippen molar-refractivity contribution in [1.29, 1.82) is 0 Å². The average Bonchev–Trinajstić information content (AvgIpc) is 2.28. The minimum atomic E-state index is -1.03. The second kappa shape index (κ2) is 6.03. The van der Waals surface area contributed by atoms with Crippen molar-refractivity contribution >= 4 is 11.9 Å². The molecule has 0 spiro atoms. The predicted molar refractivity (Wildman–Crippen MR) is 65.2 cm³/mol. The third-order valence-corrected chi connectivity index (χ3v) is 2.38. The van der Waals surface area contributed by atoms with Gasteiger partial charge in [0.25, 0.3) is 5.91 Å². The zero-order chi connectivity index (χ0) is 12.8. The molecule has 4 nitrogen and oxygen atoms in total. The van der Waals surface area contributed by atoms with Crippen molar-refractivity contribution in [3.63, 3.8) is 0 Å². The number of benzene rings is 1. The van der Waals surface area contributed by atoms with Crippen LogP contribution in [0.25, 0.3) is 0 Å². The van der Waals surface area contributed by atoms with Crippen LogP contribution in [0.5, 0.6) is 0 Å². The molecule has 0 aliphatic rings. The van der Waals surface area contributed by atoms with Gasteiger partial charge in [-0.05, 0) is 30.5 Å². The van der Waals surface area contributed by atoms with E-state index in [9.17, 15) is 9.59 Å². The van der Waals surface area contributed by atoms with Gasteiger partial charge in [-0.25, -0.2) is 4.79 Å². The second-order valence-corrected chi connectivity index (χ2v) is 4.32. The third kappa shape index (κ3) is 4.26. The Morgan fingerprint density at radius 3 is 2.53 bits per heavy atom. The molecule has 0 aliphatic carbocycles. The number of carboxylic acids is 1. The van der Waals surface area contributed by atoms with Crippen molar-refractivity contribution in [2.24, 2.45) is 5.92 Å². The first kappa shape index (κ1) is 13.2. The van der Waals surface area contributed by atoms with Crippen LogP contribution in [0.15, 0.2) is 24.3 Å². The molecule has 0 radical (unpaired) electrons. The number of carbonyl (C=O) groups excluding carboxylic acids is 1. The van der Waals surface area contributed by atoms with Gasteiger partial charge >= 0.3 is 5.97 Å². The van der Waals surface area contributed by atoms with Gasteiger partial charge < -0.3 is 10.4 Å². The van der Waals surface area contributed by atoms with Crippen LogP contribution >= 0.6 is 0 Å². The van der Waals surface area contributed by atoms with Gasteiger partial charge in [0.2, 0.25) is 0 Å². The fourth-order valence-corrected chi connectivity index (χ4v) is 1.37. The summed E-state index contributed by atoms with van der Waals surface area (Å²) in [5.74, 6) is -0.726. The maximum Gasteiger partial charge on any atom is 0.335 e. The quantitative estimate of drug-likeness (QED) is 0.821. The first-order chi connectivity index (χ1) is 8.00. The van der Waals surface area contributed by atoms with Gasteiger partial charge in [-0.1, -0.05) is 19.9 Å². The Labute approximate surface area is 101 Å². The maximum atomic E-state index is 11.7. The van der Waals surface area contributed by atoms with Crippen LogP contribution in [0, 0.1) is 5.92 Å². The highest BCUT2D eigenvalue weighted by molar-refractivity contribution is 5.97. The summed E-state index contributed by atoms with van der Waals surface area (Å²) in [6, 6.07) is 6.03. The SMILES string of the molecule is CC(C)CCNC(=O)c1cccc(C(=O)O)c1. The van der Waals surface area contributed by atoms with Gasteiger partial charge in [-0.15, -0.1) is 0 Å². The average molecular weight is 235 g/mol. The van der Waals surface area contributed by atoms with E-state index in [0.29, 0.717) is 18.0 Å². The number of carboxylic acid groups (broad SMARTS) is 1. The lowest BCUT2D eigenvalue weighted by atomic mass is 10.1. The fraction of sp³-hybridized carbons (Fsp3) is 0.385. The Kier molecular flexibility index (Phi) is 4.69. The van der Waals surface area contributed by atoms with Crippen LogP contribution in [-0.4, -0.2) is 23.5 Å². The zero-order valence-corrected chi connectivity index (χ0v) is 10.1. The Balaban J connectivity index is 2.63. The molecule has 0 heterocycles. The van der Waals surface area contributed by atoms with E-state index >= 15 is 0 Å². The topological polar surface area (TPSA) is 66.4 Å². The van der Waals surface area contributed by atoms with Crippen molar-refractivity contribution in [1.82, 2.24) is 5.32 Å². The molecule has 0 bridgehead atoms. The highest BCUT2D eigenvalue weighted by Gasteiger charge is 2.08. The van der Waals surface area contributed by atoms with Crippen LogP contribution in [-0.2, 0) is 0 Å². The molecule has 2 N–H and O–H groups in total. The van der Waals surface area contributed by atoms with Gasteiger partial charge in [-0.3, -0.25) is 4.79 Å². The van der Waals surface area contributed by atoms with Gasteiger partial charge in [0.1, 0.15) is 0 Å². The third-order valence-electron chi connectivity index (χ3n) is 2.38. The largest absolute Gasteiger partial charge is 0.478 e. The Bertz CT molecular complexity index is 413. The fourth-order valence-electron chi connectivity index (χ4n) is 1.37. The Morgan fingerprint density at radius 2 is 1.94 bits per heavy atom. The van der Waals surface area contributed by atoms with Gasteiger partial charge in [-0.2, -0.15) is 0 Å². The molecule has 1 aromatic carbocycles. The minimum Gasteiger partial charge on any atom is -0.478 e. The summed E-state index contributed by atoms with van der Waals surface area (Å²) in [5, 5.41) is 11.6. The van der Waals surface area contributed by atoms with E-state index in [4.69, 9.17) is 5.11 Å². The van der Waals surface area contributed by atoms with E-state index in [1.165, 1.54) is 12.1 Å². The first-order valence-electron chi connectivity index (χ1n) is 5.62. The Hall–Kier alpha value is -1.84. The molecule has 0 aromatic heterocycles. The van der Waals surface area contributed by atoms with E-state index in [1.807, 2.05) is 0 Å². The van der Waals surface area contributed by atoms with Crippen molar-refractivity contribution in [3.05, 3.63) is 35.4 Å².